The van der Waals surface area contributed by atoms with Crippen molar-refractivity contribution in [1.29, 1.82) is 0 Å². The number of aromatic nitrogens is 2. The summed E-state index contributed by atoms with van der Waals surface area (Å²) in [7, 11) is 1.54. The van der Waals surface area contributed by atoms with Gasteiger partial charge < -0.3 is 4.74 Å². The topological polar surface area (TPSA) is 87.3 Å². The minimum absolute atomic E-state index is 0.0297. The molecule has 4 rings (SSSR count). The maximum absolute atomic E-state index is 12.8. The molecule has 0 fully saturated rings. The number of nitro groups is 1. The second kappa shape index (κ2) is 10.2. The second-order valence-corrected chi connectivity index (χ2v) is 8.95. The lowest BCUT2D eigenvalue weighted by Crippen LogP contribution is -2.05. The summed E-state index contributed by atoms with van der Waals surface area (Å²) in [5, 5.41) is 11.7. The Morgan fingerprint density at radius 3 is 2.56 bits per heavy atom. The number of thioether (sulfide) groups is 2. The molecule has 1 heterocycles. The maximum Gasteiger partial charge on any atom is 0.288 e. The summed E-state index contributed by atoms with van der Waals surface area (Å²) in [5.74, 6) is -2.14. The number of non-ortho nitro benzene ring substituents is 1. The number of carbonyl (C=O) groups is 1. The van der Waals surface area contributed by atoms with Crippen LogP contribution in [0.25, 0.3) is 16.7 Å². The Bertz CT molecular complexity index is 1360. The van der Waals surface area contributed by atoms with E-state index in [4.69, 9.17) is 4.74 Å². The van der Waals surface area contributed by atoms with E-state index in [0.29, 0.717) is 49.8 Å². The first-order valence-electron chi connectivity index (χ1n) is 9.88. The highest BCUT2D eigenvalue weighted by Gasteiger charge is 2.20. The molecule has 0 amide bonds. The fraction of sp³-hybridized carbons (Fsp3) is 0.130. The molecule has 3 aromatic carbocycles. The monoisotopic (exact) mass is 501 g/mol. The SMILES string of the molecule is COc1ccccc1-n1c(SCC(=O)c2ccc(SC(F)F)cc2)nc2cc([N+](=O)[O-])ccc21. The Morgan fingerprint density at radius 1 is 1.15 bits per heavy atom. The molecule has 0 N–H and O–H groups in total. The Hall–Kier alpha value is -3.44. The van der Waals surface area contributed by atoms with Crippen LogP contribution in [0, 0.1) is 10.1 Å². The van der Waals surface area contributed by atoms with Crippen molar-refractivity contribution >= 4 is 46.0 Å². The molecule has 0 spiro atoms. The molecular formula is C23H17F2N3O4S2. The van der Waals surface area contributed by atoms with Gasteiger partial charge in [0, 0.05) is 22.6 Å². The lowest BCUT2D eigenvalue weighted by Gasteiger charge is -2.13. The third-order valence-electron chi connectivity index (χ3n) is 4.88. The molecule has 4 aromatic rings. The number of nitrogens with zero attached hydrogens (tertiary/aromatic N) is 3. The molecule has 7 nitrogen and oxygen atoms in total. The molecule has 34 heavy (non-hydrogen) atoms. The van der Waals surface area contributed by atoms with Gasteiger partial charge in [-0.3, -0.25) is 19.5 Å². The number of ether oxygens (including phenoxy) is 1. The number of hydrogen-bond acceptors (Lipinski definition) is 7. The molecule has 0 atom stereocenters. The fourth-order valence-corrected chi connectivity index (χ4v) is 4.75. The van der Waals surface area contributed by atoms with Gasteiger partial charge in [-0.25, -0.2) is 4.98 Å². The molecule has 0 saturated carbocycles. The summed E-state index contributed by atoms with van der Waals surface area (Å²) in [4.78, 5) is 28.4. The summed E-state index contributed by atoms with van der Waals surface area (Å²) in [6.45, 7) is 0. The van der Waals surface area contributed by atoms with Gasteiger partial charge in [-0.1, -0.05) is 47.8 Å². The number of alkyl halides is 2. The van der Waals surface area contributed by atoms with E-state index in [2.05, 4.69) is 4.98 Å². The molecule has 0 unspecified atom stereocenters. The third-order valence-corrected chi connectivity index (χ3v) is 6.54. The number of ketones is 1. The first kappa shape index (κ1) is 23.7. The van der Waals surface area contributed by atoms with Gasteiger partial charge in [-0.2, -0.15) is 8.78 Å². The van der Waals surface area contributed by atoms with Gasteiger partial charge in [0.05, 0.1) is 34.5 Å². The Balaban J connectivity index is 1.67. The normalized spacial score (nSPS) is 11.2. The number of Topliss-reactive ketones (excluding diaryl/α,β-unsaturated/α-hetero) is 1. The highest BCUT2D eigenvalue weighted by Crippen LogP contribution is 2.34. The molecular weight excluding hydrogens is 484 g/mol. The number of imidazole rings is 1. The van der Waals surface area contributed by atoms with E-state index in [-0.39, 0.29) is 17.2 Å². The van der Waals surface area contributed by atoms with E-state index < -0.39 is 10.7 Å². The highest BCUT2D eigenvalue weighted by molar-refractivity contribution is 8.00. The van der Waals surface area contributed by atoms with Gasteiger partial charge in [0.25, 0.3) is 11.4 Å². The average molecular weight is 502 g/mol. The molecule has 11 heteroatoms. The summed E-state index contributed by atoms with van der Waals surface area (Å²) in [6, 6.07) is 17.6. The number of para-hydroxylation sites is 2. The van der Waals surface area contributed by atoms with Crippen LogP contribution in [-0.4, -0.2) is 38.9 Å². The van der Waals surface area contributed by atoms with E-state index in [1.165, 1.54) is 55.3 Å². The molecule has 0 bridgehead atoms. The van der Waals surface area contributed by atoms with Crippen LogP contribution in [0.2, 0.25) is 0 Å². The number of rotatable bonds is 9. The van der Waals surface area contributed by atoms with Crippen LogP contribution in [0.4, 0.5) is 14.5 Å². The molecule has 0 aliphatic heterocycles. The number of halogens is 2. The van der Waals surface area contributed by atoms with Gasteiger partial charge in [0.1, 0.15) is 5.75 Å². The zero-order valence-electron chi connectivity index (χ0n) is 17.7. The minimum atomic E-state index is -2.53. The first-order valence-corrected chi connectivity index (χ1v) is 11.7. The van der Waals surface area contributed by atoms with Crippen LogP contribution in [0.15, 0.2) is 76.8 Å². The zero-order chi connectivity index (χ0) is 24.2. The van der Waals surface area contributed by atoms with Crippen molar-refractivity contribution in [2.45, 2.75) is 15.8 Å². The number of nitro benzene ring substituents is 1. The van der Waals surface area contributed by atoms with Crippen molar-refractivity contribution in [2.75, 3.05) is 12.9 Å². The van der Waals surface area contributed by atoms with Crippen molar-refractivity contribution in [3.63, 3.8) is 0 Å². The lowest BCUT2D eigenvalue weighted by molar-refractivity contribution is -0.384. The predicted molar refractivity (Wildman–Crippen MR) is 128 cm³/mol. The Kier molecular flexibility index (Phi) is 7.13. The summed E-state index contributed by atoms with van der Waals surface area (Å²) in [6.07, 6.45) is 0. The van der Waals surface area contributed by atoms with Gasteiger partial charge in [0.2, 0.25) is 0 Å². The van der Waals surface area contributed by atoms with Crippen LogP contribution in [0.1, 0.15) is 10.4 Å². The van der Waals surface area contributed by atoms with E-state index in [0.717, 1.165) is 0 Å². The van der Waals surface area contributed by atoms with Crippen molar-refractivity contribution in [3.05, 3.63) is 82.4 Å². The van der Waals surface area contributed by atoms with Crippen molar-refractivity contribution in [3.8, 4) is 11.4 Å². The smallest absolute Gasteiger partial charge is 0.288 e. The van der Waals surface area contributed by atoms with Crippen LogP contribution in [0.5, 0.6) is 5.75 Å². The lowest BCUT2D eigenvalue weighted by atomic mass is 10.1. The van der Waals surface area contributed by atoms with Crippen molar-refractivity contribution < 1.29 is 23.2 Å². The van der Waals surface area contributed by atoms with E-state index in [1.807, 2.05) is 18.2 Å². The largest absolute Gasteiger partial charge is 0.495 e. The summed E-state index contributed by atoms with van der Waals surface area (Å²) >= 11 is 1.59. The van der Waals surface area contributed by atoms with Crippen molar-refractivity contribution in [2.24, 2.45) is 0 Å². The number of carbonyl (C=O) groups excluding carboxylic acids is 1. The van der Waals surface area contributed by atoms with Crippen LogP contribution >= 0.6 is 23.5 Å². The second-order valence-electron chi connectivity index (χ2n) is 6.95. The van der Waals surface area contributed by atoms with Gasteiger partial charge in [0.15, 0.2) is 10.9 Å². The van der Waals surface area contributed by atoms with E-state index >= 15 is 0 Å². The Morgan fingerprint density at radius 2 is 1.88 bits per heavy atom. The first-order chi connectivity index (χ1) is 16.4. The third kappa shape index (κ3) is 5.05. The number of fused-ring (bicyclic) bond motifs is 1. The van der Waals surface area contributed by atoms with E-state index in [9.17, 15) is 23.7 Å². The Labute approximate surface area is 201 Å². The molecule has 0 aliphatic rings. The van der Waals surface area contributed by atoms with Gasteiger partial charge >= 0.3 is 0 Å². The van der Waals surface area contributed by atoms with E-state index in [1.54, 1.807) is 16.7 Å². The van der Waals surface area contributed by atoms with Gasteiger partial charge in [-0.15, -0.1) is 0 Å². The van der Waals surface area contributed by atoms with Crippen LogP contribution in [0.3, 0.4) is 0 Å². The van der Waals surface area contributed by atoms with Gasteiger partial charge in [-0.05, 0) is 30.3 Å². The standard InChI is InChI=1S/C23H17F2N3O4S2/c1-32-21-5-3-2-4-19(21)27-18-11-8-15(28(30)31)12-17(18)26-23(27)33-13-20(29)14-6-9-16(10-7-14)34-22(24)25/h2-12,22H,13H2,1H3. The zero-order valence-corrected chi connectivity index (χ0v) is 19.3. The quantitative estimate of drug-likeness (QED) is 0.116. The molecule has 1 aromatic heterocycles. The number of methoxy groups -OCH3 is 1. The molecule has 0 saturated heterocycles. The minimum Gasteiger partial charge on any atom is -0.495 e. The maximum atomic E-state index is 12.8. The predicted octanol–water partition coefficient (Wildman–Crippen LogP) is 6.23. The van der Waals surface area contributed by atoms with Crippen LogP contribution in [-0.2, 0) is 0 Å². The van der Waals surface area contributed by atoms with Crippen molar-refractivity contribution in [1.82, 2.24) is 9.55 Å². The number of hydrogen-bond donors (Lipinski definition) is 0. The molecule has 0 radical (unpaired) electrons. The number of benzene rings is 3. The summed E-state index contributed by atoms with van der Waals surface area (Å²) < 4.78 is 32.3. The summed E-state index contributed by atoms with van der Waals surface area (Å²) in [5.41, 5.74) is 2.00. The fourth-order valence-electron chi connectivity index (χ4n) is 3.34. The van der Waals surface area contributed by atoms with Crippen LogP contribution < -0.4 is 4.74 Å². The highest BCUT2D eigenvalue weighted by atomic mass is 32.2. The molecule has 174 valence electrons. The molecule has 0 aliphatic carbocycles. The average Bonchev–Trinajstić information content (AvgIpc) is 3.19.